The first-order valence-electron chi connectivity index (χ1n) is 31.5. The van der Waals surface area contributed by atoms with Gasteiger partial charge >= 0.3 is 0 Å². The van der Waals surface area contributed by atoms with E-state index in [0.29, 0.717) is 0 Å². The lowest BCUT2D eigenvalue weighted by atomic mass is 10.1. The second-order valence-corrected chi connectivity index (χ2v) is 22.6. The van der Waals surface area contributed by atoms with E-state index in [9.17, 15) is 0 Å². The molecular weight excluding hydrogens is 1160 g/mol. The Labute approximate surface area is 557 Å². The molecule has 0 N–H and O–H groups in total. The first-order chi connectivity index (χ1) is 46.6. The summed E-state index contributed by atoms with van der Waals surface area (Å²) in [7, 11) is 0. The van der Waals surface area contributed by atoms with Crippen LogP contribution in [0.4, 0.5) is 0 Å². The normalized spacial score (nSPS) is 10.4. The van der Waals surface area contributed by atoms with Crippen LogP contribution in [0.25, 0.3) is 113 Å². The minimum absolute atomic E-state index is 0.777. The van der Waals surface area contributed by atoms with Crippen molar-refractivity contribution in [3.8, 4) is 113 Å². The van der Waals surface area contributed by atoms with Crippen molar-refractivity contribution in [3.63, 3.8) is 0 Å². The number of hydrogen-bond donors (Lipinski definition) is 0. The molecule has 8 aromatic heterocycles. The average Bonchev–Trinajstić information content (AvgIpc) is 1.37. The third-order valence-electron chi connectivity index (χ3n) is 15.0. The van der Waals surface area contributed by atoms with Gasteiger partial charge in [0.05, 0.1) is 56.9 Å². The van der Waals surface area contributed by atoms with Gasteiger partial charge in [-0.05, 0) is 148 Å². The van der Waals surface area contributed by atoms with Crippen LogP contribution in [0.3, 0.4) is 0 Å². The van der Waals surface area contributed by atoms with Crippen LogP contribution >= 0.6 is 0 Å². The van der Waals surface area contributed by atoms with Crippen molar-refractivity contribution in [2.75, 3.05) is 0 Å². The highest BCUT2D eigenvalue weighted by Gasteiger charge is 2.11. The van der Waals surface area contributed by atoms with Crippen molar-refractivity contribution >= 4 is 0 Å². The summed E-state index contributed by atoms with van der Waals surface area (Å²) in [6.45, 7) is 10.4. The van der Waals surface area contributed by atoms with Crippen molar-refractivity contribution < 1.29 is 0 Å². The van der Waals surface area contributed by atoms with Crippen molar-refractivity contribution in [3.05, 3.63) is 368 Å². The van der Waals surface area contributed by atoms with Crippen LogP contribution in [0.5, 0.6) is 0 Å². The van der Waals surface area contributed by atoms with Crippen molar-refractivity contribution in [2.24, 2.45) is 0 Å². The van der Waals surface area contributed by atoms with Crippen LogP contribution in [0.15, 0.2) is 340 Å². The van der Waals surface area contributed by atoms with Crippen molar-refractivity contribution in [2.45, 2.75) is 34.6 Å². The molecule has 0 saturated heterocycles. The fourth-order valence-corrected chi connectivity index (χ4v) is 10.5. The van der Waals surface area contributed by atoms with Crippen LogP contribution in [0, 0.1) is 34.6 Å². The van der Waals surface area contributed by atoms with Crippen LogP contribution < -0.4 is 0 Å². The zero-order valence-corrected chi connectivity index (χ0v) is 53.9. The highest BCUT2D eigenvalue weighted by molar-refractivity contribution is 5.71. The summed E-state index contributed by atoms with van der Waals surface area (Å²) in [6.07, 6.45) is 9.00. The maximum absolute atomic E-state index is 4.77. The molecule has 0 amide bonds. The first kappa shape index (κ1) is 64.2. The molecule has 9 heteroatoms. The van der Waals surface area contributed by atoms with Gasteiger partial charge in [-0.15, -0.1) is 0 Å². The molecule has 7 aromatic carbocycles. The van der Waals surface area contributed by atoms with Gasteiger partial charge in [0, 0.05) is 86.7 Å². The number of rotatable bonds is 10. The van der Waals surface area contributed by atoms with Crippen LogP contribution in [-0.4, -0.2) is 44.9 Å². The molecule has 8 heterocycles. The summed E-state index contributed by atoms with van der Waals surface area (Å²) in [6, 6.07) is 104. The second kappa shape index (κ2) is 32.6. The van der Waals surface area contributed by atoms with Gasteiger partial charge in [-0.25, -0.2) is 29.9 Å². The van der Waals surface area contributed by atoms with Gasteiger partial charge in [-0.2, -0.15) is 0 Å². The van der Waals surface area contributed by atoms with Gasteiger partial charge in [0.15, 0.2) is 5.82 Å². The molecule has 15 rings (SSSR count). The van der Waals surface area contributed by atoms with Gasteiger partial charge in [-0.1, -0.05) is 218 Å². The standard InChI is InChI=1S/C18H15N.4C17H14N2/c1-14-12-17(15-8-4-2-5-9-15)19-18(13-14)16-10-6-3-7-11-16;1-13-12-16(14-8-4-2-5-9-14)19-17(18-13)15-10-6-3-7-11-15;1-13-11-16(14-7-3-2-4-8-14)19-17(12-13)15-9-5-6-10-18-15;1-13-10-16(14-6-3-2-4-7-14)19-17(11-13)15-8-5-9-18-12-15;1-13-11-16(14-5-3-2-4-6-14)19-17(12-13)15-7-9-18-10-8-15/h2-13H,1H3;4*2-12H,1H3. The molecule has 0 aliphatic heterocycles. The number of aromatic nitrogens is 9. The van der Waals surface area contributed by atoms with Crippen molar-refractivity contribution in [1.29, 1.82) is 0 Å². The van der Waals surface area contributed by atoms with E-state index in [1.165, 1.54) is 22.3 Å². The monoisotopic (exact) mass is 1230 g/mol. The molecule has 0 saturated carbocycles. The number of hydrogen-bond acceptors (Lipinski definition) is 9. The maximum atomic E-state index is 4.77. The largest absolute Gasteiger partial charge is 0.265 e. The maximum Gasteiger partial charge on any atom is 0.160 e. The molecule has 0 atom stereocenters. The zero-order chi connectivity index (χ0) is 65.4. The molecule has 0 bridgehead atoms. The third-order valence-corrected chi connectivity index (χ3v) is 15.0. The highest BCUT2D eigenvalue weighted by Crippen LogP contribution is 2.29. The highest BCUT2D eigenvalue weighted by atomic mass is 14.9. The summed E-state index contributed by atoms with van der Waals surface area (Å²) in [5.41, 5.74) is 25.6. The Bertz CT molecular complexity index is 3810. The lowest BCUT2D eigenvalue weighted by Crippen LogP contribution is -1.94. The van der Waals surface area contributed by atoms with Crippen molar-refractivity contribution in [1.82, 2.24) is 44.9 Å². The Balaban J connectivity index is 0.000000121. The van der Waals surface area contributed by atoms with E-state index in [0.717, 1.165) is 119 Å². The molecule has 15 aromatic rings. The summed E-state index contributed by atoms with van der Waals surface area (Å²) in [5, 5.41) is 0. The Morgan fingerprint density at radius 2 is 0.484 bits per heavy atom. The summed E-state index contributed by atoms with van der Waals surface area (Å²) in [4.78, 5) is 40.7. The molecule has 0 unspecified atom stereocenters. The Morgan fingerprint density at radius 1 is 0.189 bits per heavy atom. The third kappa shape index (κ3) is 18.4. The van der Waals surface area contributed by atoms with E-state index in [1.54, 1.807) is 24.8 Å². The molecular formula is C86H71N9. The van der Waals surface area contributed by atoms with Gasteiger partial charge in [0.1, 0.15) is 0 Å². The smallest absolute Gasteiger partial charge is 0.160 e. The van der Waals surface area contributed by atoms with E-state index >= 15 is 0 Å². The second-order valence-electron chi connectivity index (χ2n) is 22.6. The minimum Gasteiger partial charge on any atom is -0.265 e. The minimum atomic E-state index is 0.777. The Kier molecular flexibility index (Phi) is 22.0. The molecule has 95 heavy (non-hydrogen) atoms. The van der Waals surface area contributed by atoms with Crippen LogP contribution in [-0.2, 0) is 0 Å². The summed E-state index contributed by atoms with van der Waals surface area (Å²) >= 11 is 0. The van der Waals surface area contributed by atoms with Gasteiger partial charge in [-0.3, -0.25) is 15.0 Å². The van der Waals surface area contributed by atoms with Crippen LogP contribution in [0.1, 0.15) is 27.9 Å². The summed E-state index contributed by atoms with van der Waals surface area (Å²) < 4.78 is 0. The molecule has 0 radical (unpaired) electrons. The SMILES string of the molecule is Cc1cc(-c2ccccc2)nc(-c2ccccc2)c1.Cc1cc(-c2ccccc2)nc(-c2ccccc2)n1.Cc1cc(-c2ccccc2)nc(-c2ccccn2)c1.Cc1cc(-c2ccccc2)nc(-c2cccnc2)c1.Cc1cc(-c2ccccc2)nc(-c2ccncc2)c1. The van der Waals surface area contributed by atoms with E-state index in [4.69, 9.17) is 19.9 Å². The molecule has 460 valence electrons. The first-order valence-corrected chi connectivity index (χ1v) is 31.5. The van der Waals surface area contributed by atoms with E-state index in [2.05, 4.69) is 174 Å². The van der Waals surface area contributed by atoms with E-state index < -0.39 is 0 Å². The lowest BCUT2D eigenvalue weighted by molar-refractivity contribution is 1.11. The topological polar surface area (TPSA) is 116 Å². The predicted octanol–water partition coefficient (Wildman–Crippen LogP) is 21.2. The molecule has 9 nitrogen and oxygen atoms in total. The van der Waals surface area contributed by atoms with Gasteiger partial charge in [0.2, 0.25) is 0 Å². The van der Waals surface area contributed by atoms with Gasteiger partial charge < -0.3 is 0 Å². The quantitative estimate of drug-likeness (QED) is 0.132. The molecule has 0 aliphatic rings. The molecule has 0 fully saturated rings. The number of pyridine rings is 7. The Hall–Kier alpha value is -12.3. The zero-order valence-electron chi connectivity index (χ0n) is 53.9. The predicted molar refractivity (Wildman–Crippen MR) is 390 cm³/mol. The fraction of sp³-hybridized carbons (Fsp3) is 0.0581. The van der Waals surface area contributed by atoms with E-state index in [1.807, 2.05) is 201 Å². The van der Waals surface area contributed by atoms with E-state index in [-0.39, 0.29) is 0 Å². The molecule has 0 aliphatic carbocycles. The van der Waals surface area contributed by atoms with Crippen LogP contribution in [0.2, 0.25) is 0 Å². The number of benzene rings is 7. The average molecular weight is 1230 g/mol. The number of aryl methyl sites for hydroxylation is 5. The summed E-state index contributed by atoms with van der Waals surface area (Å²) in [5.74, 6) is 0.777. The lowest BCUT2D eigenvalue weighted by Gasteiger charge is -2.07. The Morgan fingerprint density at radius 3 is 0.821 bits per heavy atom. The number of nitrogens with zero attached hydrogens (tertiary/aromatic N) is 9. The van der Waals surface area contributed by atoms with Gasteiger partial charge in [0.25, 0.3) is 0 Å². The fourth-order valence-electron chi connectivity index (χ4n) is 10.5. The molecule has 0 spiro atoms.